The van der Waals surface area contributed by atoms with Crippen LogP contribution in [0.25, 0.3) is 0 Å². The van der Waals surface area contributed by atoms with E-state index in [-0.39, 0.29) is 11.9 Å². The van der Waals surface area contributed by atoms with Gasteiger partial charge in [0.25, 0.3) is 0 Å². The number of benzene rings is 2. The molecule has 20 heavy (non-hydrogen) atoms. The van der Waals surface area contributed by atoms with E-state index < -0.39 is 0 Å². The van der Waals surface area contributed by atoms with Crippen LogP contribution in [0.1, 0.15) is 40.8 Å². The van der Waals surface area contributed by atoms with Crippen molar-refractivity contribution in [1.82, 2.24) is 5.32 Å². The maximum Gasteiger partial charge on any atom is 0.123 e. The topological polar surface area (TPSA) is 12.0 Å². The van der Waals surface area contributed by atoms with Crippen molar-refractivity contribution in [1.29, 1.82) is 0 Å². The zero-order valence-electron chi connectivity index (χ0n) is 12.6. The van der Waals surface area contributed by atoms with E-state index in [9.17, 15) is 4.39 Å². The van der Waals surface area contributed by atoms with Crippen molar-refractivity contribution in [3.8, 4) is 0 Å². The standard InChI is InChI=1S/C18H22FN/c1-12-9-14(3)18(10-13(12)2)15(4)20-11-16-5-7-17(19)8-6-16/h5-10,15,20H,11H2,1-4H3. The smallest absolute Gasteiger partial charge is 0.123 e. The van der Waals surface area contributed by atoms with Crippen LogP contribution < -0.4 is 5.32 Å². The Morgan fingerprint density at radius 3 is 2.20 bits per heavy atom. The molecule has 0 spiro atoms. The second-order valence-corrected chi connectivity index (χ2v) is 5.52. The van der Waals surface area contributed by atoms with Gasteiger partial charge in [0.2, 0.25) is 0 Å². The largest absolute Gasteiger partial charge is 0.306 e. The summed E-state index contributed by atoms with van der Waals surface area (Å²) in [5.74, 6) is -0.188. The predicted molar refractivity (Wildman–Crippen MR) is 82.3 cm³/mol. The first kappa shape index (κ1) is 14.7. The van der Waals surface area contributed by atoms with Crippen molar-refractivity contribution in [3.63, 3.8) is 0 Å². The Kier molecular flexibility index (Phi) is 4.56. The molecular weight excluding hydrogens is 249 g/mol. The Morgan fingerprint density at radius 2 is 1.55 bits per heavy atom. The van der Waals surface area contributed by atoms with Crippen molar-refractivity contribution in [2.24, 2.45) is 0 Å². The molecule has 0 amide bonds. The van der Waals surface area contributed by atoms with Crippen LogP contribution in [0, 0.1) is 26.6 Å². The minimum atomic E-state index is -0.188. The van der Waals surface area contributed by atoms with Gasteiger partial charge in [-0.2, -0.15) is 0 Å². The molecule has 0 saturated carbocycles. The summed E-state index contributed by atoms with van der Waals surface area (Å²) in [4.78, 5) is 0. The van der Waals surface area contributed by atoms with Crippen molar-refractivity contribution in [2.75, 3.05) is 0 Å². The van der Waals surface area contributed by atoms with E-state index in [4.69, 9.17) is 0 Å². The predicted octanol–water partition coefficient (Wildman–Crippen LogP) is 4.60. The van der Waals surface area contributed by atoms with Crippen LogP contribution in [0.5, 0.6) is 0 Å². The molecule has 2 rings (SSSR count). The summed E-state index contributed by atoms with van der Waals surface area (Å²) >= 11 is 0. The van der Waals surface area contributed by atoms with Crippen LogP contribution in [-0.4, -0.2) is 0 Å². The van der Waals surface area contributed by atoms with E-state index in [1.807, 2.05) is 12.1 Å². The zero-order valence-corrected chi connectivity index (χ0v) is 12.6. The molecule has 0 aliphatic heterocycles. The second-order valence-electron chi connectivity index (χ2n) is 5.52. The highest BCUT2D eigenvalue weighted by molar-refractivity contribution is 5.38. The molecule has 0 aliphatic carbocycles. The Morgan fingerprint density at radius 1 is 0.950 bits per heavy atom. The molecule has 1 nitrogen and oxygen atoms in total. The normalized spacial score (nSPS) is 12.4. The summed E-state index contributed by atoms with van der Waals surface area (Å²) in [6.45, 7) is 9.35. The third-order valence-electron chi connectivity index (χ3n) is 3.87. The maximum atomic E-state index is 12.9. The van der Waals surface area contributed by atoms with E-state index in [2.05, 4.69) is 45.1 Å². The summed E-state index contributed by atoms with van der Waals surface area (Å²) in [7, 11) is 0. The van der Waals surface area contributed by atoms with Crippen molar-refractivity contribution >= 4 is 0 Å². The van der Waals surface area contributed by atoms with Crippen LogP contribution in [0.2, 0.25) is 0 Å². The summed E-state index contributed by atoms with van der Waals surface area (Å²) in [6, 6.07) is 11.4. The fourth-order valence-electron chi connectivity index (χ4n) is 2.43. The first-order valence-electron chi connectivity index (χ1n) is 7.03. The van der Waals surface area contributed by atoms with Gasteiger partial charge in [-0.3, -0.25) is 0 Å². The van der Waals surface area contributed by atoms with Gasteiger partial charge in [-0.1, -0.05) is 24.3 Å². The molecule has 0 saturated heterocycles. The third kappa shape index (κ3) is 3.45. The van der Waals surface area contributed by atoms with Gasteiger partial charge < -0.3 is 5.32 Å². The lowest BCUT2D eigenvalue weighted by atomic mass is 9.96. The molecule has 0 fully saturated rings. The molecular formula is C18H22FN. The number of rotatable bonds is 4. The van der Waals surface area contributed by atoms with E-state index >= 15 is 0 Å². The van der Waals surface area contributed by atoms with Crippen LogP contribution in [0.4, 0.5) is 4.39 Å². The molecule has 1 unspecified atom stereocenters. The average molecular weight is 271 g/mol. The second kappa shape index (κ2) is 6.19. The minimum Gasteiger partial charge on any atom is -0.306 e. The lowest BCUT2D eigenvalue weighted by Crippen LogP contribution is -2.19. The van der Waals surface area contributed by atoms with Gasteiger partial charge in [-0.05, 0) is 67.6 Å². The van der Waals surface area contributed by atoms with E-state index in [1.165, 1.54) is 34.4 Å². The first-order valence-corrected chi connectivity index (χ1v) is 7.03. The molecule has 0 radical (unpaired) electrons. The third-order valence-corrected chi connectivity index (χ3v) is 3.87. The van der Waals surface area contributed by atoms with Gasteiger partial charge in [-0.25, -0.2) is 4.39 Å². The highest BCUT2D eigenvalue weighted by atomic mass is 19.1. The highest BCUT2D eigenvalue weighted by Crippen LogP contribution is 2.22. The Balaban J connectivity index is 2.06. The molecule has 0 bridgehead atoms. The highest BCUT2D eigenvalue weighted by Gasteiger charge is 2.09. The fraction of sp³-hybridized carbons (Fsp3) is 0.333. The Hall–Kier alpha value is -1.67. The van der Waals surface area contributed by atoms with Crippen LogP contribution in [0.3, 0.4) is 0 Å². The molecule has 1 N–H and O–H groups in total. The van der Waals surface area contributed by atoms with Gasteiger partial charge in [0.15, 0.2) is 0 Å². The lowest BCUT2D eigenvalue weighted by molar-refractivity contribution is 0.570. The van der Waals surface area contributed by atoms with Gasteiger partial charge in [0, 0.05) is 12.6 Å². The van der Waals surface area contributed by atoms with Gasteiger partial charge in [0.1, 0.15) is 5.82 Å². The van der Waals surface area contributed by atoms with Crippen LogP contribution in [0.15, 0.2) is 36.4 Å². The van der Waals surface area contributed by atoms with Crippen LogP contribution >= 0.6 is 0 Å². The molecule has 106 valence electrons. The first-order chi connectivity index (χ1) is 9.47. The van der Waals surface area contributed by atoms with Crippen molar-refractivity contribution in [3.05, 3.63) is 70.0 Å². The monoisotopic (exact) mass is 271 g/mol. The molecule has 2 aromatic carbocycles. The zero-order chi connectivity index (χ0) is 14.7. The van der Waals surface area contributed by atoms with E-state index in [0.29, 0.717) is 0 Å². The number of halogens is 1. The van der Waals surface area contributed by atoms with E-state index in [0.717, 1.165) is 12.1 Å². The Labute approximate surface area is 120 Å². The Bertz CT molecular complexity index is 587. The van der Waals surface area contributed by atoms with Gasteiger partial charge in [0.05, 0.1) is 0 Å². The molecule has 1 atom stereocenters. The number of nitrogens with one attached hydrogen (secondary N) is 1. The fourth-order valence-corrected chi connectivity index (χ4v) is 2.43. The van der Waals surface area contributed by atoms with Crippen LogP contribution in [-0.2, 0) is 6.54 Å². The molecule has 2 aromatic rings. The summed E-state index contributed by atoms with van der Waals surface area (Å²) in [5.41, 5.74) is 6.39. The molecule has 0 heterocycles. The minimum absolute atomic E-state index is 0.188. The number of aryl methyl sites for hydroxylation is 3. The summed E-state index contributed by atoms with van der Waals surface area (Å²) in [6.07, 6.45) is 0. The van der Waals surface area contributed by atoms with E-state index in [1.54, 1.807) is 0 Å². The number of hydrogen-bond donors (Lipinski definition) is 1. The molecule has 2 heteroatoms. The SMILES string of the molecule is Cc1cc(C)c(C(C)NCc2ccc(F)cc2)cc1C. The van der Waals surface area contributed by atoms with Gasteiger partial charge >= 0.3 is 0 Å². The maximum absolute atomic E-state index is 12.9. The summed E-state index contributed by atoms with van der Waals surface area (Å²) < 4.78 is 12.9. The summed E-state index contributed by atoms with van der Waals surface area (Å²) in [5, 5.41) is 3.50. The van der Waals surface area contributed by atoms with Crippen molar-refractivity contribution in [2.45, 2.75) is 40.3 Å². The van der Waals surface area contributed by atoms with Gasteiger partial charge in [-0.15, -0.1) is 0 Å². The lowest BCUT2D eigenvalue weighted by Gasteiger charge is -2.18. The molecule has 0 aromatic heterocycles. The average Bonchev–Trinajstić information content (AvgIpc) is 2.42. The number of hydrogen-bond acceptors (Lipinski definition) is 1. The quantitative estimate of drug-likeness (QED) is 0.856. The molecule has 0 aliphatic rings. The van der Waals surface area contributed by atoms with Crippen molar-refractivity contribution < 1.29 is 4.39 Å².